The van der Waals surface area contributed by atoms with E-state index in [1.807, 2.05) is 6.92 Å². The van der Waals surface area contributed by atoms with Crippen molar-refractivity contribution in [3.63, 3.8) is 0 Å². The number of aryl methyl sites for hydroxylation is 2. The van der Waals surface area contributed by atoms with Gasteiger partial charge in [-0.2, -0.15) is 5.10 Å². The van der Waals surface area contributed by atoms with Gasteiger partial charge < -0.3 is 9.47 Å². The maximum Gasteiger partial charge on any atom is 0.573 e. The van der Waals surface area contributed by atoms with Gasteiger partial charge in [0.15, 0.2) is 0 Å². The van der Waals surface area contributed by atoms with Gasteiger partial charge in [0.05, 0.1) is 5.69 Å². The van der Waals surface area contributed by atoms with Gasteiger partial charge in [0.2, 0.25) is 0 Å². The quantitative estimate of drug-likeness (QED) is 0.826. The van der Waals surface area contributed by atoms with Crippen molar-refractivity contribution in [3.05, 3.63) is 46.8 Å². The van der Waals surface area contributed by atoms with E-state index in [0.717, 1.165) is 17.0 Å². The molecule has 5 nitrogen and oxygen atoms in total. The molecule has 2 rings (SSSR count). The molecule has 1 atom stereocenters. The number of ether oxygens (including phenoxy) is 2. The van der Waals surface area contributed by atoms with Gasteiger partial charge in [-0.25, -0.2) is 0 Å². The molecule has 0 spiro atoms. The lowest BCUT2D eigenvalue weighted by molar-refractivity contribution is -0.274. The summed E-state index contributed by atoms with van der Waals surface area (Å²) in [5.74, 6) is -0.366. The fourth-order valence-electron chi connectivity index (χ4n) is 2.28. The van der Waals surface area contributed by atoms with Crippen LogP contribution < -0.4 is 4.74 Å². The summed E-state index contributed by atoms with van der Waals surface area (Å²) in [7, 11) is 0. The van der Waals surface area contributed by atoms with E-state index in [1.165, 1.54) is 18.2 Å². The maximum atomic E-state index is 12.3. The van der Waals surface area contributed by atoms with Crippen LogP contribution >= 0.6 is 0 Å². The Labute approximate surface area is 130 Å². The molecule has 0 radical (unpaired) electrons. The van der Waals surface area contributed by atoms with Crippen LogP contribution in [0.5, 0.6) is 5.75 Å². The minimum absolute atomic E-state index is 0.271. The molecule has 1 heterocycles. The number of carbonyl (C=O) groups excluding carboxylic acids is 1. The minimum Gasteiger partial charge on any atom is -0.459 e. The highest BCUT2D eigenvalue weighted by Gasteiger charge is 2.31. The number of alkyl halides is 3. The number of hydrogen-bond donors (Lipinski definition) is 1. The monoisotopic (exact) mass is 328 g/mol. The van der Waals surface area contributed by atoms with Crippen molar-refractivity contribution in [2.24, 2.45) is 0 Å². The fraction of sp³-hybridized carbons (Fsp3) is 0.333. The number of halogens is 3. The summed E-state index contributed by atoms with van der Waals surface area (Å²) in [4.78, 5) is 10.7. The molecule has 0 aliphatic carbocycles. The van der Waals surface area contributed by atoms with Gasteiger partial charge >= 0.3 is 6.36 Å². The van der Waals surface area contributed by atoms with E-state index in [-0.39, 0.29) is 12.2 Å². The van der Waals surface area contributed by atoms with E-state index < -0.39 is 12.5 Å². The summed E-state index contributed by atoms with van der Waals surface area (Å²) in [6.07, 6.45) is -5.22. The summed E-state index contributed by atoms with van der Waals surface area (Å²) >= 11 is 0. The molecular weight excluding hydrogens is 313 g/mol. The van der Waals surface area contributed by atoms with E-state index in [0.29, 0.717) is 12.0 Å². The van der Waals surface area contributed by atoms with Gasteiger partial charge in [0.1, 0.15) is 11.9 Å². The molecule has 0 aliphatic heterocycles. The number of aromatic amines is 1. The fourth-order valence-corrected chi connectivity index (χ4v) is 2.28. The Hall–Kier alpha value is -2.51. The Morgan fingerprint density at radius 1 is 1.35 bits per heavy atom. The molecule has 1 aromatic heterocycles. The molecule has 0 amide bonds. The molecule has 0 aliphatic rings. The second kappa shape index (κ2) is 6.72. The Bertz CT molecular complexity index is 663. The zero-order chi connectivity index (χ0) is 17.0. The van der Waals surface area contributed by atoms with Crippen molar-refractivity contribution in [2.45, 2.75) is 32.7 Å². The van der Waals surface area contributed by atoms with Crippen LogP contribution in [-0.4, -0.2) is 23.0 Å². The SMILES string of the molecule is Cc1n[nH]c(C)c1CC(OC=O)c1cccc(OC(F)(F)F)c1. The predicted molar refractivity (Wildman–Crippen MR) is 74.8 cm³/mol. The van der Waals surface area contributed by atoms with Gasteiger partial charge in [-0.1, -0.05) is 12.1 Å². The topological polar surface area (TPSA) is 64.2 Å². The third kappa shape index (κ3) is 4.48. The highest BCUT2D eigenvalue weighted by Crippen LogP contribution is 2.29. The molecule has 124 valence electrons. The van der Waals surface area contributed by atoms with Crippen LogP contribution in [0.2, 0.25) is 0 Å². The van der Waals surface area contributed by atoms with Crippen LogP contribution in [0.4, 0.5) is 13.2 Å². The first kappa shape index (κ1) is 16.9. The van der Waals surface area contributed by atoms with Crippen LogP contribution in [-0.2, 0) is 16.0 Å². The molecule has 0 fully saturated rings. The standard InChI is InChI=1S/C15H15F3N2O3/c1-9-13(10(2)20-19-9)7-14(22-8-21)11-4-3-5-12(6-11)23-15(16,17)18/h3-6,8,14H,7H2,1-2H3,(H,19,20). The van der Waals surface area contributed by atoms with Crippen molar-refractivity contribution >= 4 is 6.47 Å². The summed E-state index contributed by atoms with van der Waals surface area (Å²) in [6, 6.07) is 5.37. The number of benzene rings is 1. The first-order chi connectivity index (χ1) is 10.8. The Kier molecular flexibility index (Phi) is 4.92. The first-order valence-corrected chi connectivity index (χ1v) is 6.75. The number of carbonyl (C=O) groups is 1. The van der Waals surface area contributed by atoms with Gasteiger partial charge in [-0.3, -0.25) is 9.89 Å². The molecule has 1 unspecified atom stereocenters. The minimum atomic E-state index is -4.78. The highest BCUT2D eigenvalue weighted by atomic mass is 19.4. The molecule has 8 heteroatoms. The van der Waals surface area contributed by atoms with Crippen molar-refractivity contribution < 1.29 is 27.4 Å². The van der Waals surface area contributed by atoms with Crippen molar-refractivity contribution in [1.29, 1.82) is 0 Å². The van der Waals surface area contributed by atoms with Gasteiger partial charge in [-0.15, -0.1) is 13.2 Å². The molecule has 0 saturated carbocycles. The summed E-state index contributed by atoms with van der Waals surface area (Å²) in [5.41, 5.74) is 2.80. The average molecular weight is 328 g/mol. The van der Waals surface area contributed by atoms with Gasteiger partial charge in [0.25, 0.3) is 6.47 Å². The van der Waals surface area contributed by atoms with Crippen LogP contribution in [0.1, 0.15) is 28.6 Å². The maximum absolute atomic E-state index is 12.3. The largest absolute Gasteiger partial charge is 0.573 e. The lowest BCUT2D eigenvalue weighted by Crippen LogP contribution is -2.17. The predicted octanol–water partition coefficient (Wildman–Crippen LogP) is 3.38. The van der Waals surface area contributed by atoms with Crippen LogP contribution in [0.15, 0.2) is 24.3 Å². The van der Waals surface area contributed by atoms with Crippen LogP contribution in [0, 0.1) is 13.8 Å². The number of nitrogens with zero attached hydrogens (tertiary/aromatic N) is 1. The summed E-state index contributed by atoms with van der Waals surface area (Å²) in [5, 5.41) is 6.86. The molecule has 0 bridgehead atoms. The highest BCUT2D eigenvalue weighted by molar-refractivity contribution is 5.40. The van der Waals surface area contributed by atoms with Crippen LogP contribution in [0.3, 0.4) is 0 Å². The molecule has 0 saturated heterocycles. The number of hydrogen-bond acceptors (Lipinski definition) is 4. The van der Waals surface area contributed by atoms with E-state index in [1.54, 1.807) is 13.0 Å². The Balaban J connectivity index is 2.27. The van der Waals surface area contributed by atoms with Gasteiger partial charge in [-0.05, 0) is 37.1 Å². The van der Waals surface area contributed by atoms with Crippen molar-refractivity contribution in [1.82, 2.24) is 10.2 Å². The van der Waals surface area contributed by atoms with Crippen molar-refractivity contribution in [3.8, 4) is 5.75 Å². The molecule has 2 aromatic rings. The second-order valence-corrected chi connectivity index (χ2v) is 4.96. The zero-order valence-corrected chi connectivity index (χ0v) is 12.5. The number of aromatic nitrogens is 2. The normalized spacial score (nSPS) is 12.7. The summed E-state index contributed by atoms with van der Waals surface area (Å²) in [6.45, 7) is 3.88. The van der Waals surface area contributed by atoms with E-state index in [9.17, 15) is 18.0 Å². The van der Waals surface area contributed by atoms with Crippen LogP contribution in [0.25, 0.3) is 0 Å². The third-order valence-electron chi connectivity index (χ3n) is 3.35. The Morgan fingerprint density at radius 3 is 2.65 bits per heavy atom. The first-order valence-electron chi connectivity index (χ1n) is 6.75. The van der Waals surface area contributed by atoms with Gasteiger partial charge in [0, 0.05) is 12.1 Å². The Morgan fingerprint density at radius 2 is 2.09 bits per heavy atom. The third-order valence-corrected chi connectivity index (χ3v) is 3.35. The zero-order valence-electron chi connectivity index (χ0n) is 12.5. The lowest BCUT2D eigenvalue weighted by atomic mass is 10.00. The molecular formula is C15H15F3N2O3. The smallest absolute Gasteiger partial charge is 0.459 e. The molecule has 23 heavy (non-hydrogen) atoms. The second-order valence-electron chi connectivity index (χ2n) is 4.96. The number of H-pyrrole nitrogens is 1. The van der Waals surface area contributed by atoms with Crippen molar-refractivity contribution in [2.75, 3.05) is 0 Å². The molecule has 1 aromatic carbocycles. The van der Waals surface area contributed by atoms with E-state index in [2.05, 4.69) is 14.9 Å². The van der Waals surface area contributed by atoms with E-state index in [4.69, 9.17) is 4.74 Å². The molecule has 1 N–H and O–H groups in total. The summed E-state index contributed by atoms with van der Waals surface area (Å²) < 4.78 is 45.9. The number of nitrogens with one attached hydrogen (secondary N) is 1. The lowest BCUT2D eigenvalue weighted by Gasteiger charge is -2.17. The average Bonchev–Trinajstić information content (AvgIpc) is 2.77. The number of rotatable bonds is 6. The van der Waals surface area contributed by atoms with E-state index >= 15 is 0 Å².